The van der Waals surface area contributed by atoms with Gasteiger partial charge in [0, 0.05) is 11.4 Å². The summed E-state index contributed by atoms with van der Waals surface area (Å²) < 4.78 is 5.57. The van der Waals surface area contributed by atoms with E-state index >= 15 is 0 Å². The number of rotatable bonds is 5. The minimum absolute atomic E-state index is 0.130. The number of anilines is 2. The van der Waals surface area contributed by atoms with Crippen LogP contribution in [0.25, 0.3) is 0 Å². The van der Waals surface area contributed by atoms with E-state index < -0.39 is 0 Å². The molecular formula is C19H24N2O2. The number of carbonyl (C=O) groups is 1. The second kappa shape index (κ2) is 7.68. The van der Waals surface area contributed by atoms with E-state index in [1.54, 1.807) is 0 Å². The monoisotopic (exact) mass is 312 g/mol. The van der Waals surface area contributed by atoms with Crippen LogP contribution in [0.2, 0.25) is 0 Å². The molecule has 4 heteroatoms. The van der Waals surface area contributed by atoms with Crippen LogP contribution >= 0.6 is 0 Å². The first kappa shape index (κ1) is 16.9. The molecule has 0 aliphatic heterocycles. The van der Waals surface area contributed by atoms with Gasteiger partial charge in [0.2, 0.25) is 0 Å². The second-order valence-corrected chi connectivity index (χ2v) is 6.05. The number of ether oxygens (including phenoxy) is 1. The second-order valence-electron chi connectivity index (χ2n) is 6.05. The third-order valence-corrected chi connectivity index (χ3v) is 3.32. The van der Waals surface area contributed by atoms with Crippen molar-refractivity contribution in [3.8, 4) is 5.75 Å². The van der Waals surface area contributed by atoms with E-state index in [0.717, 1.165) is 17.1 Å². The van der Waals surface area contributed by atoms with Gasteiger partial charge in [-0.15, -0.1) is 0 Å². The summed E-state index contributed by atoms with van der Waals surface area (Å²) in [6.07, 6.45) is 0.130. The van der Waals surface area contributed by atoms with Crippen LogP contribution in [0.4, 0.5) is 16.2 Å². The molecule has 0 spiro atoms. The van der Waals surface area contributed by atoms with Crippen LogP contribution in [-0.4, -0.2) is 12.1 Å². The Balaban J connectivity index is 1.91. The Morgan fingerprint density at radius 2 is 1.30 bits per heavy atom. The maximum absolute atomic E-state index is 12.0. The molecule has 0 atom stereocenters. The van der Waals surface area contributed by atoms with Crippen LogP contribution in [0.3, 0.4) is 0 Å². The van der Waals surface area contributed by atoms with Gasteiger partial charge in [0.25, 0.3) is 0 Å². The molecule has 0 aromatic heterocycles. The van der Waals surface area contributed by atoms with Gasteiger partial charge < -0.3 is 15.4 Å². The molecular weight excluding hydrogens is 288 g/mol. The molecule has 0 radical (unpaired) electrons. The fraction of sp³-hybridized carbons (Fsp3) is 0.316. The summed E-state index contributed by atoms with van der Waals surface area (Å²) in [6.45, 7) is 8.23. The van der Waals surface area contributed by atoms with Gasteiger partial charge >= 0.3 is 6.03 Å². The quantitative estimate of drug-likeness (QED) is 0.793. The molecule has 0 saturated heterocycles. The van der Waals surface area contributed by atoms with Crippen molar-refractivity contribution in [3.63, 3.8) is 0 Å². The Morgan fingerprint density at radius 3 is 1.74 bits per heavy atom. The lowest BCUT2D eigenvalue weighted by Crippen LogP contribution is -2.19. The first-order valence-corrected chi connectivity index (χ1v) is 7.88. The predicted octanol–water partition coefficient (Wildman–Crippen LogP) is 5.24. The molecule has 0 aliphatic carbocycles. The van der Waals surface area contributed by atoms with Crippen molar-refractivity contribution in [1.82, 2.24) is 0 Å². The fourth-order valence-corrected chi connectivity index (χ4v) is 2.13. The van der Waals surface area contributed by atoms with E-state index in [9.17, 15) is 4.79 Å². The molecule has 0 saturated carbocycles. The average molecular weight is 312 g/mol. The maximum atomic E-state index is 12.0. The average Bonchev–Trinajstić information content (AvgIpc) is 2.49. The third kappa shape index (κ3) is 5.33. The first-order valence-electron chi connectivity index (χ1n) is 7.88. The van der Waals surface area contributed by atoms with Crippen molar-refractivity contribution in [3.05, 3.63) is 54.1 Å². The van der Waals surface area contributed by atoms with Crippen LogP contribution in [0, 0.1) is 0 Å². The van der Waals surface area contributed by atoms with Crippen molar-refractivity contribution < 1.29 is 9.53 Å². The van der Waals surface area contributed by atoms with Crippen LogP contribution in [0.1, 0.15) is 39.2 Å². The highest BCUT2D eigenvalue weighted by Gasteiger charge is 2.05. The Bertz CT molecular complexity index is 631. The van der Waals surface area contributed by atoms with E-state index in [1.165, 1.54) is 5.56 Å². The number of carbonyl (C=O) groups excluding carboxylic acids is 1. The van der Waals surface area contributed by atoms with Gasteiger partial charge in [-0.05, 0) is 61.7 Å². The molecule has 2 aromatic carbocycles. The first-order chi connectivity index (χ1) is 10.9. The highest BCUT2D eigenvalue weighted by Crippen LogP contribution is 2.19. The molecule has 2 amide bonds. The van der Waals surface area contributed by atoms with E-state index in [-0.39, 0.29) is 12.1 Å². The van der Waals surface area contributed by atoms with Gasteiger partial charge in [-0.3, -0.25) is 0 Å². The van der Waals surface area contributed by atoms with Crippen molar-refractivity contribution in [2.75, 3.05) is 10.6 Å². The standard InChI is InChI=1S/C19H24N2O2/c1-13(2)15-5-7-16(8-6-15)20-19(22)21-17-9-11-18(12-10-17)23-14(3)4/h5-14H,1-4H3,(H2,20,21,22). The number of benzene rings is 2. The third-order valence-electron chi connectivity index (χ3n) is 3.32. The zero-order valence-electron chi connectivity index (χ0n) is 14.1. The molecule has 0 aliphatic rings. The van der Waals surface area contributed by atoms with E-state index in [2.05, 4.69) is 24.5 Å². The van der Waals surface area contributed by atoms with E-state index in [1.807, 2.05) is 62.4 Å². The van der Waals surface area contributed by atoms with Crippen LogP contribution < -0.4 is 15.4 Å². The smallest absolute Gasteiger partial charge is 0.323 e. The number of urea groups is 1. The molecule has 4 nitrogen and oxygen atoms in total. The minimum atomic E-state index is -0.264. The lowest BCUT2D eigenvalue weighted by molar-refractivity contribution is 0.242. The summed E-state index contributed by atoms with van der Waals surface area (Å²) in [6, 6.07) is 14.9. The normalized spacial score (nSPS) is 10.7. The number of nitrogens with one attached hydrogen (secondary N) is 2. The van der Waals surface area contributed by atoms with Crippen molar-refractivity contribution in [2.45, 2.75) is 39.7 Å². The Morgan fingerprint density at radius 1 is 0.826 bits per heavy atom. The van der Waals surface area contributed by atoms with Crippen LogP contribution in [-0.2, 0) is 0 Å². The van der Waals surface area contributed by atoms with Gasteiger partial charge in [-0.1, -0.05) is 26.0 Å². The molecule has 2 aromatic rings. The summed E-state index contributed by atoms with van der Waals surface area (Å²) in [5, 5.41) is 5.62. The topological polar surface area (TPSA) is 50.4 Å². The molecule has 2 rings (SSSR count). The van der Waals surface area contributed by atoms with Crippen molar-refractivity contribution in [1.29, 1.82) is 0 Å². The van der Waals surface area contributed by atoms with Crippen molar-refractivity contribution in [2.24, 2.45) is 0 Å². The molecule has 0 bridgehead atoms. The SMILES string of the molecule is CC(C)Oc1ccc(NC(=O)Nc2ccc(C(C)C)cc2)cc1. The summed E-state index contributed by atoms with van der Waals surface area (Å²) in [7, 11) is 0. The number of hydrogen-bond donors (Lipinski definition) is 2. The number of amides is 2. The molecule has 0 fully saturated rings. The zero-order valence-corrected chi connectivity index (χ0v) is 14.1. The summed E-state index contributed by atoms with van der Waals surface area (Å²) in [5.41, 5.74) is 2.74. The minimum Gasteiger partial charge on any atom is -0.491 e. The van der Waals surface area contributed by atoms with Gasteiger partial charge in [-0.2, -0.15) is 0 Å². The zero-order chi connectivity index (χ0) is 16.8. The molecule has 23 heavy (non-hydrogen) atoms. The molecule has 2 N–H and O–H groups in total. The van der Waals surface area contributed by atoms with E-state index in [0.29, 0.717) is 5.92 Å². The Hall–Kier alpha value is -2.49. The molecule has 0 heterocycles. The van der Waals surface area contributed by atoms with E-state index in [4.69, 9.17) is 4.74 Å². The van der Waals surface area contributed by atoms with Gasteiger partial charge in [0.05, 0.1) is 6.10 Å². The number of hydrogen-bond acceptors (Lipinski definition) is 2. The van der Waals surface area contributed by atoms with Crippen LogP contribution in [0.5, 0.6) is 5.75 Å². The largest absolute Gasteiger partial charge is 0.491 e. The lowest BCUT2D eigenvalue weighted by Gasteiger charge is -2.11. The molecule has 122 valence electrons. The van der Waals surface area contributed by atoms with Crippen molar-refractivity contribution >= 4 is 17.4 Å². The highest BCUT2D eigenvalue weighted by molar-refractivity contribution is 5.99. The summed E-state index contributed by atoms with van der Waals surface area (Å²) >= 11 is 0. The Kier molecular flexibility index (Phi) is 5.63. The van der Waals surface area contributed by atoms with Gasteiger partial charge in [0.15, 0.2) is 0 Å². The lowest BCUT2D eigenvalue weighted by atomic mass is 10.0. The molecule has 0 unspecified atom stereocenters. The highest BCUT2D eigenvalue weighted by atomic mass is 16.5. The van der Waals surface area contributed by atoms with Gasteiger partial charge in [-0.25, -0.2) is 4.79 Å². The predicted molar refractivity (Wildman–Crippen MR) is 95.4 cm³/mol. The van der Waals surface area contributed by atoms with Crippen LogP contribution in [0.15, 0.2) is 48.5 Å². The maximum Gasteiger partial charge on any atom is 0.323 e. The fourth-order valence-electron chi connectivity index (χ4n) is 2.13. The Labute approximate surface area is 137 Å². The summed E-state index contributed by atoms with van der Waals surface area (Å²) in [5.74, 6) is 1.26. The van der Waals surface area contributed by atoms with Gasteiger partial charge in [0.1, 0.15) is 5.75 Å². The summed E-state index contributed by atoms with van der Waals surface area (Å²) in [4.78, 5) is 12.0.